The van der Waals surface area contributed by atoms with Crippen LogP contribution in [0.1, 0.15) is 33.4 Å². The maximum absolute atomic E-state index is 14.3. The summed E-state index contributed by atoms with van der Waals surface area (Å²) in [7, 11) is -1.93. The molecule has 0 saturated carbocycles. The summed E-state index contributed by atoms with van der Waals surface area (Å²) in [5.41, 5.74) is -3.08. The van der Waals surface area contributed by atoms with Gasteiger partial charge in [0.15, 0.2) is 0 Å². The van der Waals surface area contributed by atoms with Gasteiger partial charge in [0.25, 0.3) is 5.92 Å². The molecule has 2 atom stereocenters. The molecule has 0 spiro atoms. The lowest BCUT2D eigenvalue weighted by Crippen LogP contribution is -2.59. The number of aliphatic hydroxyl groups is 1. The first-order valence-electron chi connectivity index (χ1n) is 6.36. The second kappa shape index (κ2) is 6.54. The van der Waals surface area contributed by atoms with E-state index in [0.717, 1.165) is 13.0 Å². The summed E-state index contributed by atoms with van der Waals surface area (Å²) in [6.07, 6.45) is 0. The summed E-state index contributed by atoms with van der Waals surface area (Å²) in [4.78, 5) is 3.75. The SMILES string of the molecule is CC(C)(C)[S@@](=O)N[C@](C)(c1nc(Br)ccc1F)C(F)(F)CO. The minimum absolute atomic E-state index is 0.146. The van der Waals surface area contributed by atoms with Crippen molar-refractivity contribution in [1.29, 1.82) is 0 Å². The predicted molar refractivity (Wildman–Crippen MR) is 82.3 cm³/mol. The molecular weight excluding hydrogens is 385 g/mol. The van der Waals surface area contributed by atoms with Gasteiger partial charge in [-0.05, 0) is 55.8 Å². The van der Waals surface area contributed by atoms with E-state index in [-0.39, 0.29) is 4.60 Å². The number of pyridine rings is 1. The van der Waals surface area contributed by atoms with Crippen LogP contribution in [0.25, 0.3) is 0 Å². The fourth-order valence-corrected chi connectivity index (χ4v) is 2.79. The largest absolute Gasteiger partial charge is 0.390 e. The first-order valence-corrected chi connectivity index (χ1v) is 8.30. The Labute approximate surface area is 138 Å². The zero-order valence-electron chi connectivity index (χ0n) is 12.6. The van der Waals surface area contributed by atoms with Crippen LogP contribution in [-0.2, 0) is 16.5 Å². The van der Waals surface area contributed by atoms with Crippen LogP contribution in [0.3, 0.4) is 0 Å². The van der Waals surface area contributed by atoms with Gasteiger partial charge in [-0.1, -0.05) is 0 Å². The molecule has 1 aromatic heterocycles. The summed E-state index contributed by atoms with van der Waals surface area (Å²) in [6, 6.07) is 2.23. The normalized spacial score (nSPS) is 17.1. The summed E-state index contributed by atoms with van der Waals surface area (Å²) in [6.45, 7) is 4.16. The molecule has 4 nitrogen and oxygen atoms in total. The quantitative estimate of drug-likeness (QED) is 0.744. The second-order valence-electron chi connectivity index (χ2n) is 5.94. The van der Waals surface area contributed by atoms with Crippen molar-refractivity contribution in [2.24, 2.45) is 0 Å². The van der Waals surface area contributed by atoms with Crippen molar-refractivity contribution in [1.82, 2.24) is 9.71 Å². The van der Waals surface area contributed by atoms with Crippen LogP contribution in [0.2, 0.25) is 0 Å². The second-order valence-corrected chi connectivity index (χ2v) is 8.71. The highest BCUT2D eigenvalue weighted by Crippen LogP contribution is 2.39. The molecule has 1 rings (SSSR count). The highest BCUT2D eigenvalue weighted by atomic mass is 79.9. The molecule has 9 heteroatoms. The number of hydrogen-bond acceptors (Lipinski definition) is 3. The maximum atomic E-state index is 14.3. The molecule has 1 aromatic rings. The number of nitrogens with one attached hydrogen (secondary N) is 1. The lowest BCUT2D eigenvalue weighted by atomic mass is 9.90. The van der Waals surface area contributed by atoms with Crippen LogP contribution in [0.15, 0.2) is 16.7 Å². The van der Waals surface area contributed by atoms with Crippen molar-refractivity contribution in [3.63, 3.8) is 0 Å². The van der Waals surface area contributed by atoms with Crippen LogP contribution in [0, 0.1) is 5.82 Å². The molecule has 0 aliphatic carbocycles. The van der Waals surface area contributed by atoms with Crippen LogP contribution in [-0.4, -0.2) is 31.6 Å². The Balaban J connectivity index is 3.48. The van der Waals surface area contributed by atoms with Crippen LogP contribution in [0.4, 0.5) is 13.2 Å². The van der Waals surface area contributed by atoms with Gasteiger partial charge in [-0.15, -0.1) is 0 Å². The van der Waals surface area contributed by atoms with Crippen molar-refractivity contribution < 1.29 is 22.5 Å². The van der Waals surface area contributed by atoms with Crippen LogP contribution in [0.5, 0.6) is 0 Å². The third-order valence-electron chi connectivity index (χ3n) is 3.07. The average Bonchev–Trinajstić information content (AvgIpc) is 2.39. The molecule has 0 amide bonds. The van der Waals surface area contributed by atoms with E-state index in [9.17, 15) is 17.4 Å². The Hall–Kier alpha value is -0.510. The number of aliphatic hydroxyl groups excluding tert-OH is 1. The molecule has 0 radical (unpaired) electrons. The molecule has 2 N–H and O–H groups in total. The monoisotopic (exact) mass is 402 g/mol. The molecule has 0 fully saturated rings. The first-order chi connectivity index (χ1) is 9.85. The Morgan fingerprint density at radius 3 is 2.32 bits per heavy atom. The minimum atomic E-state index is -3.79. The van der Waals surface area contributed by atoms with Gasteiger partial charge in [0.2, 0.25) is 0 Å². The fraction of sp³-hybridized carbons (Fsp3) is 0.615. The summed E-state index contributed by atoms with van der Waals surface area (Å²) in [5, 5.41) is 9.02. The van der Waals surface area contributed by atoms with Crippen LogP contribution >= 0.6 is 15.9 Å². The zero-order chi connectivity index (χ0) is 17.3. The number of rotatable bonds is 5. The topological polar surface area (TPSA) is 62.2 Å². The lowest BCUT2D eigenvalue weighted by molar-refractivity contribution is -0.116. The van der Waals surface area contributed by atoms with E-state index in [1.54, 1.807) is 20.8 Å². The Morgan fingerprint density at radius 1 is 1.32 bits per heavy atom. The zero-order valence-corrected chi connectivity index (χ0v) is 15.0. The summed E-state index contributed by atoms with van der Waals surface area (Å²) >= 11 is 2.99. The fourth-order valence-electron chi connectivity index (χ4n) is 1.56. The average molecular weight is 403 g/mol. The van der Waals surface area contributed by atoms with E-state index in [1.165, 1.54) is 6.07 Å². The van der Waals surface area contributed by atoms with Gasteiger partial charge in [0.05, 0.1) is 15.7 Å². The number of alkyl halides is 2. The predicted octanol–water partition coefficient (Wildman–Crippen LogP) is 2.88. The molecule has 0 saturated heterocycles. The smallest absolute Gasteiger partial charge is 0.294 e. The van der Waals surface area contributed by atoms with Gasteiger partial charge in [-0.25, -0.2) is 27.1 Å². The third kappa shape index (κ3) is 3.87. The Morgan fingerprint density at radius 2 is 1.86 bits per heavy atom. The molecular formula is C13H18BrF3N2O2S. The van der Waals surface area contributed by atoms with Crippen molar-refractivity contribution in [2.45, 2.75) is 43.9 Å². The first kappa shape index (κ1) is 19.5. The number of aromatic nitrogens is 1. The molecule has 0 bridgehead atoms. The van der Waals surface area contributed by atoms with Gasteiger partial charge >= 0.3 is 0 Å². The Kier molecular flexibility index (Phi) is 5.81. The molecule has 0 aliphatic rings. The summed E-state index contributed by atoms with van der Waals surface area (Å²) in [5.74, 6) is -4.78. The van der Waals surface area contributed by atoms with E-state index < -0.39 is 45.3 Å². The highest BCUT2D eigenvalue weighted by Gasteiger charge is 2.55. The van der Waals surface area contributed by atoms with Crippen molar-refractivity contribution in [3.8, 4) is 0 Å². The number of hydrogen-bond donors (Lipinski definition) is 2. The summed E-state index contributed by atoms with van der Waals surface area (Å²) < 4.78 is 56.4. The van der Waals surface area contributed by atoms with E-state index in [0.29, 0.717) is 0 Å². The van der Waals surface area contributed by atoms with E-state index in [4.69, 9.17) is 5.11 Å². The van der Waals surface area contributed by atoms with Gasteiger partial charge in [0, 0.05) is 0 Å². The van der Waals surface area contributed by atoms with Gasteiger partial charge in [-0.3, -0.25) is 0 Å². The lowest BCUT2D eigenvalue weighted by Gasteiger charge is -2.38. The van der Waals surface area contributed by atoms with Crippen molar-refractivity contribution >= 4 is 26.9 Å². The third-order valence-corrected chi connectivity index (χ3v) is 5.22. The van der Waals surface area contributed by atoms with Crippen LogP contribution < -0.4 is 4.72 Å². The van der Waals surface area contributed by atoms with Gasteiger partial charge < -0.3 is 5.11 Å². The van der Waals surface area contributed by atoms with Crippen molar-refractivity contribution in [3.05, 3.63) is 28.2 Å². The molecule has 126 valence electrons. The Bertz CT molecular complexity index is 581. The number of nitrogens with zero attached hydrogens (tertiary/aromatic N) is 1. The molecule has 0 unspecified atom stereocenters. The van der Waals surface area contributed by atoms with Gasteiger partial charge in [0.1, 0.15) is 28.3 Å². The molecule has 22 heavy (non-hydrogen) atoms. The van der Waals surface area contributed by atoms with Crippen molar-refractivity contribution in [2.75, 3.05) is 6.61 Å². The van der Waals surface area contributed by atoms with Gasteiger partial charge in [-0.2, -0.15) is 0 Å². The van der Waals surface area contributed by atoms with E-state index in [1.807, 2.05) is 0 Å². The van der Waals surface area contributed by atoms with E-state index >= 15 is 0 Å². The van der Waals surface area contributed by atoms with E-state index in [2.05, 4.69) is 25.6 Å². The standard InChI is InChI=1S/C13H18BrF3N2O2S/c1-11(2,3)22(21)19-12(4,13(16,17)7-20)10-8(15)5-6-9(14)18-10/h5-6,19-20H,7H2,1-4H3/t12-,22-/m1/s1. The molecule has 0 aromatic carbocycles. The molecule has 0 aliphatic heterocycles. The molecule has 1 heterocycles. The highest BCUT2D eigenvalue weighted by molar-refractivity contribution is 9.10. The minimum Gasteiger partial charge on any atom is -0.390 e. The number of halogens is 4. The maximum Gasteiger partial charge on any atom is 0.294 e.